The maximum atomic E-state index is 11.9. The molecule has 0 amide bonds. The van der Waals surface area contributed by atoms with Crippen molar-refractivity contribution in [3.8, 4) is 0 Å². The summed E-state index contributed by atoms with van der Waals surface area (Å²) in [5.74, 6) is 0.281. The highest BCUT2D eigenvalue weighted by atomic mass is 16.5. The van der Waals surface area contributed by atoms with Crippen molar-refractivity contribution in [1.82, 2.24) is 10.1 Å². The lowest BCUT2D eigenvalue weighted by Crippen LogP contribution is -2.32. The lowest BCUT2D eigenvalue weighted by molar-refractivity contribution is -0.149. The van der Waals surface area contributed by atoms with Crippen LogP contribution in [0.1, 0.15) is 52.8 Å². The van der Waals surface area contributed by atoms with Crippen LogP contribution in [0.25, 0.3) is 0 Å². The van der Waals surface area contributed by atoms with Gasteiger partial charge in [-0.2, -0.15) is 4.98 Å². The first-order valence-electron chi connectivity index (χ1n) is 6.38. The van der Waals surface area contributed by atoms with Gasteiger partial charge in [-0.25, -0.2) is 0 Å². The average molecular weight is 270 g/mol. The van der Waals surface area contributed by atoms with Crippen molar-refractivity contribution in [2.45, 2.75) is 52.1 Å². The van der Waals surface area contributed by atoms with Crippen LogP contribution < -0.4 is 0 Å². The molecule has 0 fully saturated rings. The molecule has 0 aliphatic carbocycles. The molecule has 1 unspecified atom stereocenters. The maximum absolute atomic E-state index is 11.9. The Labute approximate surface area is 113 Å². The molecule has 0 saturated heterocycles. The zero-order valence-electron chi connectivity index (χ0n) is 12.4. The summed E-state index contributed by atoms with van der Waals surface area (Å²) in [6.45, 7) is 9.30. The summed E-state index contributed by atoms with van der Waals surface area (Å²) in [5, 5.41) is 3.92. The van der Waals surface area contributed by atoms with E-state index in [0.29, 0.717) is 18.9 Å². The summed E-state index contributed by atoms with van der Waals surface area (Å²) in [4.78, 5) is 16.2. The van der Waals surface area contributed by atoms with Gasteiger partial charge in [-0.3, -0.25) is 4.79 Å². The lowest BCUT2D eigenvalue weighted by Gasteiger charge is -2.22. The van der Waals surface area contributed by atoms with Gasteiger partial charge in [0.05, 0.1) is 6.61 Å². The maximum Gasteiger partial charge on any atom is 0.321 e. The molecule has 6 heteroatoms. The van der Waals surface area contributed by atoms with Crippen molar-refractivity contribution in [2.24, 2.45) is 0 Å². The van der Waals surface area contributed by atoms with E-state index in [9.17, 15) is 4.79 Å². The van der Waals surface area contributed by atoms with Gasteiger partial charge in [0.2, 0.25) is 11.7 Å². The average Bonchev–Trinajstić information content (AvgIpc) is 2.88. The quantitative estimate of drug-likeness (QED) is 0.737. The van der Waals surface area contributed by atoms with Gasteiger partial charge in [-0.05, 0) is 34.1 Å². The van der Waals surface area contributed by atoms with E-state index in [-0.39, 0.29) is 11.9 Å². The van der Waals surface area contributed by atoms with Crippen LogP contribution in [0.2, 0.25) is 0 Å². The van der Waals surface area contributed by atoms with Gasteiger partial charge in [0.1, 0.15) is 11.0 Å². The van der Waals surface area contributed by atoms with E-state index < -0.39 is 11.0 Å². The molecule has 0 N–H and O–H groups in total. The Kier molecular flexibility index (Phi) is 4.68. The Morgan fingerprint density at radius 1 is 1.32 bits per heavy atom. The number of nitrogens with zero attached hydrogens (tertiary/aromatic N) is 2. The fourth-order valence-corrected chi connectivity index (χ4v) is 1.48. The standard InChI is InChI=1S/C13H22N2O4/c1-7-13(5,17-6)9-14-10(19-15-9)12(3,4)11(16)18-8-2/h7-8H2,1-6H3. The minimum absolute atomic E-state index is 0.234. The van der Waals surface area contributed by atoms with Gasteiger partial charge in [0.15, 0.2) is 0 Å². The second kappa shape index (κ2) is 5.69. The number of methoxy groups -OCH3 is 1. The number of hydrogen-bond donors (Lipinski definition) is 0. The van der Waals surface area contributed by atoms with Crippen LogP contribution in [-0.4, -0.2) is 29.8 Å². The molecule has 108 valence electrons. The van der Waals surface area contributed by atoms with Crippen molar-refractivity contribution in [1.29, 1.82) is 0 Å². The Bertz CT molecular complexity index is 436. The summed E-state index contributed by atoms with van der Waals surface area (Å²) in [6.07, 6.45) is 0.697. The van der Waals surface area contributed by atoms with E-state index in [1.807, 2.05) is 13.8 Å². The third kappa shape index (κ3) is 2.94. The third-order valence-electron chi connectivity index (χ3n) is 3.34. The van der Waals surface area contributed by atoms with Crippen LogP contribution in [0.15, 0.2) is 4.52 Å². The molecule has 1 heterocycles. The van der Waals surface area contributed by atoms with Gasteiger partial charge in [-0.15, -0.1) is 0 Å². The second-order valence-electron chi connectivity index (χ2n) is 5.06. The summed E-state index contributed by atoms with van der Waals surface area (Å²) >= 11 is 0. The van der Waals surface area contributed by atoms with Crippen molar-refractivity contribution in [2.75, 3.05) is 13.7 Å². The van der Waals surface area contributed by atoms with Gasteiger partial charge in [-0.1, -0.05) is 12.1 Å². The summed E-state index contributed by atoms with van der Waals surface area (Å²) in [6, 6.07) is 0. The van der Waals surface area contributed by atoms with Crippen LogP contribution in [0.3, 0.4) is 0 Å². The highest BCUT2D eigenvalue weighted by molar-refractivity contribution is 5.80. The number of carbonyl (C=O) groups is 1. The van der Waals surface area contributed by atoms with Crippen LogP contribution in [-0.2, 0) is 25.3 Å². The Morgan fingerprint density at radius 2 is 1.95 bits per heavy atom. The summed E-state index contributed by atoms with van der Waals surface area (Å²) in [5.41, 5.74) is -1.59. The van der Waals surface area contributed by atoms with E-state index in [2.05, 4.69) is 10.1 Å². The van der Waals surface area contributed by atoms with Crippen LogP contribution >= 0.6 is 0 Å². The largest absolute Gasteiger partial charge is 0.465 e. The minimum atomic E-state index is -0.969. The Hall–Kier alpha value is -1.43. The first-order chi connectivity index (χ1) is 8.81. The topological polar surface area (TPSA) is 74.5 Å². The molecule has 0 bridgehead atoms. The number of ether oxygens (including phenoxy) is 2. The van der Waals surface area contributed by atoms with Gasteiger partial charge < -0.3 is 14.0 Å². The van der Waals surface area contributed by atoms with Crippen molar-refractivity contribution >= 4 is 5.97 Å². The molecular formula is C13H22N2O4. The fraction of sp³-hybridized carbons (Fsp3) is 0.769. The first kappa shape index (κ1) is 15.6. The molecule has 0 aliphatic rings. The molecule has 0 aromatic carbocycles. The predicted molar refractivity (Wildman–Crippen MR) is 68.6 cm³/mol. The highest BCUT2D eigenvalue weighted by Crippen LogP contribution is 2.29. The zero-order valence-corrected chi connectivity index (χ0v) is 12.4. The van der Waals surface area contributed by atoms with Crippen molar-refractivity contribution in [3.63, 3.8) is 0 Å². The Morgan fingerprint density at radius 3 is 2.42 bits per heavy atom. The highest BCUT2D eigenvalue weighted by Gasteiger charge is 2.39. The van der Waals surface area contributed by atoms with Crippen LogP contribution in [0, 0.1) is 0 Å². The fourth-order valence-electron chi connectivity index (χ4n) is 1.48. The summed E-state index contributed by atoms with van der Waals surface area (Å²) < 4.78 is 15.6. The first-order valence-corrected chi connectivity index (χ1v) is 6.38. The van der Waals surface area contributed by atoms with Crippen molar-refractivity contribution < 1.29 is 18.8 Å². The molecule has 6 nitrogen and oxygen atoms in total. The molecule has 19 heavy (non-hydrogen) atoms. The molecular weight excluding hydrogens is 248 g/mol. The minimum Gasteiger partial charge on any atom is -0.465 e. The molecule has 0 aliphatic heterocycles. The van der Waals surface area contributed by atoms with E-state index in [4.69, 9.17) is 14.0 Å². The van der Waals surface area contributed by atoms with Crippen molar-refractivity contribution in [3.05, 3.63) is 11.7 Å². The van der Waals surface area contributed by atoms with Gasteiger partial charge >= 0.3 is 5.97 Å². The third-order valence-corrected chi connectivity index (χ3v) is 3.34. The lowest BCUT2D eigenvalue weighted by atomic mass is 9.93. The molecule has 0 saturated carbocycles. The molecule has 1 aromatic rings. The van der Waals surface area contributed by atoms with Gasteiger partial charge in [0.25, 0.3) is 0 Å². The van der Waals surface area contributed by atoms with Crippen LogP contribution in [0.4, 0.5) is 0 Å². The Balaban J connectivity index is 3.05. The molecule has 0 radical (unpaired) electrons. The molecule has 1 atom stereocenters. The van der Waals surface area contributed by atoms with Crippen LogP contribution in [0.5, 0.6) is 0 Å². The number of rotatable bonds is 6. The van der Waals surface area contributed by atoms with E-state index in [1.54, 1.807) is 27.9 Å². The van der Waals surface area contributed by atoms with E-state index in [1.165, 1.54) is 0 Å². The van der Waals surface area contributed by atoms with E-state index in [0.717, 1.165) is 0 Å². The second-order valence-corrected chi connectivity index (χ2v) is 5.06. The SMILES string of the molecule is CCOC(=O)C(C)(C)c1nc(C(C)(CC)OC)no1. The normalized spacial score (nSPS) is 15.1. The predicted octanol–water partition coefficient (Wildman–Crippen LogP) is 2.18. The van der Waals surface area contributed by atoms with E-state index >= 15 is 0 Å². The number of hydrogen-bond acceptors (Lipinski definition) is 6. The summed E-state index contributed by atoms with van der Waals surface area (Å²) in [7, 11) is 1.59. The van der Waals surface area contributed by atoms with Gasteiger partial charge in [0, 0.05) is 7.11 Å². The molecule has 1 aromatic heterocycles. The monoisotopic (exact) mass is 270 g/mol. The zero-order chi connectivity index (χ0) is 14.7. The smallest absolute Gasteiger partial charge is 0.321 e. The number of esters is 1. The molecule has 0 spiro atoms. The molecule has 1 rings (SSSR count). The number of carbonyl (C=O) groups excluding carboxylic acids is 1. The number of aromatic nitrogens is 2.